The molecule has 0 radical (unpaired) electrons. The third kappa shape index (κ3) is 7.36. The van der Waals surface area contributed by atoms with Gasteiger partial charge in [-0.1, -0.05) is 19.1 Å². The number of likely N-dealkylation sites (tertiary alicyclic amines) is 1. The van der Waals surface area contributed by atoms with Crippen LogP contribution >= 0.6 is 0 Å². The number of hydrogen-bond acceptors (Lipinski definition) is 7. The van der Waals surface area contributed by atoms with Crippen molar-refractivity contribution in [3.63, 3.8) is 0 Å². The van der Waals surface area contributed by atoms with Crippen LogP contribution in [0, 0.1) is 11.7 Å². The van der Waals surface area contributed by atoms with E-state index in [1.807, 2.05) is 11.8 Å². The van der Waals surface area contributed by atoms with Crippen molar-refractivity contribution in [1.82, 2.24) is 15.2 Å². The van der Waals surface area contributed by atoms with Crippen LogP contribution in [0.25, 0.3) is 10.9 Å². The Morgan fingerprint density at radius 3 is 2.67 bits per heavy atom. The van der Waals surface area contributed by atoms with Gasteiger partial charge in [0.1, 0.15) is 11.6 Å². The van der Waals surface area contributed by atoms with Crippen molar-refractivity contribution in [3.8, 4) is 5.75 Å². The fourth-order valence-corrected chi connectivity index (χ4v) is 4.84. The predicted octanol–water partition coefficient (Wildman–Crippen LogP) is 3.78. The number of nitrogens with zero attached hydrogens (tertiary/aromatic N) is 1. The van der Waals surface area contributed by atoms with Gasteiger partial charge in [-0.2, -0.15) is 0 Å². The first-order valence-corrected chi connectivity index (χ1v) is 13.5. The molecule has 1 aliphatic rings. The number of halogens is 1. The van der Waals surface area contributed by atoms with Crippen molar-refractivity contribution >= 4 is 28.6 Å². The summed E-state index contributed by atoms with van der Waals surface area (Å²) in [7, 11) is 0. The van der Waals surface area contributed by atoms with Gasteiger partial charge in [0, 0.05) is 55.3 Å². The summed E-state index contributed by atoms with van der Waals surface area (Å²) >= 11 is 0. The van der Waals surface area contributed by atoms with Crippen LogP contribution in [0.2, 0.25) is 0 Å². The molecule has 0 bridgehead atoms. The third-order valence-electron chi connectivity index (χ3n) is 7.10. The number of aromatic amines is 1. The number of aromatic nitrogens is 1. The van der Waals surface area contributed by atoms with E-state index in [9.17, 15) is 29.0 Å². The average Bonchev–Trinajstić information content (AvgIpc) is 2.94. The van der Waals surface area contributed by atoms with Gasteiger partial charge >= 0.3 is 6.09 Å². The molecule has 2 amide bonds. The molecule has 0 unspecified atom stereocenters. The number of nitrogens with one attached hydrogen (secondary N) is 3. The number of pyridine rings is 1. The zero-order chi connectivity index (χ0) is 28.6. The van der Waals surface area contributed by atoms with E-state index in [-0.39, 0.29) is 54.0 Å². The minimum absolute atomic E-state index is 0.0937. The SMILES string of the molecule is CCCC(=O)N1CCC(COC(=O)Nc2ccc(CNC[C@H](O)c3ccc(O)c4[nH]c(=O)ccc34)c(F)c2)CC1. The zero-order valence-electron chi connectivity index (χ0n) is 22.4. The monoisotopic (exact) mass is 554 g/mol. The van der Waals surface area contributed by atoms with E-state index in [0.717, 1.165) is 19.3 Å². The number of aromatic hydroxyl groups is 1. The van der Waals surface area contributed by atoms with Crippen molar-refractivity contribution < 1.29 is 28.9 Å². The van der Waals surface area contributed by atoms with E-state index in [0.29, 0.717) is 36.0 Å². The highest BCUT2D eigenvalue weighted by atomic mass is 19.1. The van der Waals surface area contributed by atoms with Gasteiger partial charge in [-0.15, -0.1) is 0 Å². The lowest BCUT2D eigenvalue weighted by Gasteiger charge is -2.31. The number of ether oxygens (including phenoxy) is 1. The van der Waals surface area contributed by atoms with E-state index in [4.69, 9.17) is 4.74 Å². The van der Waals surface area contributed by atoms with Gasteiger partial charge in [0.2, 0.25) is 11.5 Å². The highest BCUT2D eigenvalue weighted by Crippen LogP contribution is 2.28. The Kier molecular flexibility index (Phi) is 9.73. The minimum atomic E-state index is -0.975. The molecule has 2 aromatic carbocycles. The molecule has 1 aromatic heterocycles. The first-order chi connectivity index (χ1) is 19.2. The van der Waals surface area contributed by atoms with Gasteiger partial charge in [-0.3, -0.25) is 14.9 Å². The molecule has 1 atom stereocenters. The Hall–Kier alpha value is -3.96. The Bertz CT molecular complexity index is 1400. The number of carbonyl (C=O) groups excluding carboxylic acids is 2. The predicted molar refractivity (Wildman–Crippen MR) is 148 cm³/mol. The first-order valence-electron chi connectivity index (χ1n) is 13.5. The van der Waals surface area contributed by atoms with E-state index >= 15 is 0 Å². The van der Waals surface area contributed by atoms with E-state index in [2.05, 4.69) is 15.6 Å². The number of aliphatic hydroxyl groups is 1. The number of H-pyrrole nitrogens is 1. The summed E-state index contributed by atoms with van der Waals surface area (Å²) in [5.74, 6) is -0.284. The summed E-state index contributed by atoms with van der Waals surface area (Å²) in [6.07, 6.45) is 1.29. The van der Waals surface area contributed by atoms with Gasteiger partial charge in [0.15, 0.2) is 0 Å². The third-order valence-corrected chi connectivity index (χ3v) is 7.10. The summed E-state index contributed by atoms with van der Waals surface area (Å²) in [5.41, 5.74) is 0.976. The second kappa shape index (κ2) is 13.4. The van der Waals surface area contributed by atoms with Crippen molar-refractivity contribution in [1.29, 1.82) is 0 Å². The maximum atomic E-state index is 14.7. The Morgan fingerprint density at radius 2 is 1.95 bits per heavy atom. The normalized spacial score (nSPS) is 14.7. The van der Waals surface area contributed by atoms with Crippen LogP contribution < -0.4 is 16.2 Å². The van der Waals surface area contributed by atoms with Crippen LogP contribution in [-0.4, -0.2) is 58.3 Å². The maximum Gasteiger partial charge on any atom is 0.411 e. The van der Waals surface area contributed by atoms with Gasteiger partial charge in [0.25, 0.3) is 0 Å². The lowest BCUT2D eigenvalue weighted by atomic mass is 9.97. The Morgan fingerprint density at radius 1 is 1.18 bits per heavy atom. The molecule has 214 valence electrons. The molecule has 11 heteroatoms. The van der Waals surface area contributed by atoms with Gasteiger partial charge < -0.3 is 30.2 Å². The number of phenols is 1. The Balaban J connectivity index is 1.23. The van der Waals surface area contributed by atoms with Crippen molar-refractivity contribution in [2.24, 2.45) is 5.92 Å². The summed E-state index contributed by atoms with van der Waals surface area (Å²) in [4.78, 5) is 40.2. The van der Waals surface area contributed by atoms with Crippen LogP contribution in [0.5, 0.6) is 5.75 Å². The van der Waals surface area contributed by atoms with Crippen LogP contribution in [0.15, 0.2) is 47.3 Å². The van der Waals surface area contributed by atoms with Gasteiger partial charge in [-0.25, -0.2) is 9.18 Å². The number of phenolic OH excluding ortho intramolecular Hbond substituents is 1. The molecule has 3 aromatic rings. The van der Waals surface area contributed by atoms with E-state index in [1.54, 1.807) is 12.1 Å². The second-order valence-corrected chi connectivity index (χ2v) is 10.0. The molecule has 1 fully saturated rings. The zero-order valence-corrected chi connectivity index (χ0v) is 22.4. The minimum Gasteiger partial charge on any atom is -0.506 e. The molecule has 0 saturated carbocycles. The second-order valence-electron chi connectivity index (χ2n) is 10.0. The molecular weight excluding hydrogens is 519 g/mol. The van der Waals surface area contributed by atoms with Crippen LogP contribution in [0.1, 0.15) is 49.8 Å². The molecule has 10 nitrogen and oxygen atoms in total. The highest BCUT2D eigenvalue weighted by Gasteiger charge is 2.23. The molecule has 4 rings (SSSR count). The van der Waals surface area contributed by atoms with Crippen molar-refractivity contribution in [2.75, 3.05) is 31.6 Å². The molecule has 2 heterocycles. The number of amides is 2. The van der Waals surface area contributed by atoms with E-state index in [1.165, 1.54) is 30.3 Å². The van der Waals surface area contributed by atoms with Crippen molar-refractivity contribution in [3.05, 3.63) is 69.8 Å². The summed E-state index contributed by atoms with van der Waals surface area (Å²) in [5, 5.41) is 26.7. The topological polar surface area (TPSA) is 144 Å². The largest absolute Gasteiger partial charge is 0.506 e. The number of rotatable bonds is 10. The molecule has 0 aliphatic carbocycles. The highest BCUT2D eigenvalue weighted by molar-refractivity contribution is 5.87. The van der Waals surface area contributed by atoms with Gasteiger partial charge in [0.05, 0.1) is 18.2 Å². The summed E-state index contributed by atoms with van der Waals surface area (Å²) in [6, 6.07) is 10.1. The lowest BCUT2D eigenvalue weighted by Crippen LogP contribution is -2.39. The molecular formula is C29H35FN4O6. The van der Waals surface area contributed by atoms with Crippen LogP contribution in [0.4, 0.5) is 14.9 Å². The van der Waals surface area contributed by atoms with Crippen LogP contribution in [0.3, 0.4) is 0 Å². The number of anilines is 1. The van der Waals surface area contributed by atoms with Crippen LogP contribution in [-0.2, 0) is 16.1 Å². The number of piperidine rings is 1. The molecule has 40 heavy (non-hydrogen) atoms. The fraction of sp³-hybridized carbons (Fsp3) is 0.414. The number of benzene rings is 2. The molecule has 0 spiro atoms. The first kappa shape index (κ1) is 29.0. The smallest absolute Gasteiger partial charge is 0.411 e. The molecule has 5 N–H and O–H groups in total. The van der Waals surface area contributed by atoms with E-state index < -0.39 is 18.0 Å². The fourth-order valence-electron chi connectivity index (χ4n) is 4.84. The number of carbonyl (C=O) groups is 2. The number of aliphatic hydroxyl groups excluding tert-OH is 1. The Labute approximate surface area is 231 Å². The summed E-state index contributed by atoms with van der Waals surface area (Å²) in [6.45, 7) is 3.77. The lowest BCUT2D eigenvalue weighted by molar-refractivity contribution is -0.132. The molecule has 1 saturated heterocycles. The average molecular weight is 555 g/mol. The quantitative estimate of drug-likeness (QED) is 0.257. The van der Waals surface area contributed by atoms with Crippen molar-refractivity contribution in [2.45, 2.75) is 45.3 Å². The standard InChI is InChI=1S/C29H35FN4O6/c1-2-3-27(38)34-12-10-18(11-13-34)17-40-29(39)32-20-5-4-19(23(30)14-20)15-31-16-25(36)21-6-8-24(35)28-22(21)7-9-26(37)33-28/h4-9,14,18,25,31,35-36H,2-3,10-13,15-17H2,1H3,(H,32,39)(H,33,37)/t25-/m0/s1. The number of fused-ring (bicyclic) bond motifs is 1. The summed E-state index contributed by atoms with van der Waals surface area (Å²) < 4.78 is 20.0. The molecule has 1 aliphatic heterocycles. The maximum absolute atomic E-state index is 14.7. The number of hydrogen-bond donors (Lipinski definition) is 5. The van der Waals surface area contributed by atoms with Gasteiger partial charge in [-0.05, 0) is 55.0 Å².